The number of aryl methyl sites for hydroxylation is 3. The molecule has 0 atom stereocenters. The van der Waals surface area contributed by atoms with E-state index in [9.17, 15) is 0 Å². The zero-order chi connectivity index (χ0) is 23.2. The van der Waals surface area contributed by atoms with Gasteiger partial charge >= 0.3 is 0 Å². The molecular formula is C30H27BS2. The fourth-order valence-corrected chi connectivity index (χ4v) is 8.42. The van der Waals surface area contributed by atoms with Gasteiger partial charge in [-0.3, -0.25) is 0 Å². The Morgan fingerprint density at radius 3 is 2.00 bits per heavy atom. The third-order valence-electron chi connectivity index (χ3n) is 8.01. The van der Waals surface area contributed by atoms with Gasteiger partial charge in [-0.15, -0.1) is 22.7 Å². The molecule has 0 aliphatic carbocycles. The third kappa shape index (κ3) is 2.70. The summed E-state index contributed by atoms with van der Waals surface area (Å²) in [4.78, 5) is 0. The lowest BCUT2D eigenvalue weighted by molar-refractivity contribution is 1.26. The normalized spacial score (nSPS) is 12.1. The van der Waals surface area contributed by atoms with Crippen molar-refractivity contribution in [1.29, 1.82) is 0 Å². The number of rotatable bonds is 1. The number of fused-ring (bicyclic) bond motifs is 6. The Hall–Kier alpha value is -2.62. The molecule has 3 heteroatoms. The minimum absolute atomic E-state index is 1.37. The molecule has 0 aliphatic rings. The summed E-state index contributed by atoms with van der Waals surface area (Å²) in [7, 11) is 2.34. The van der Waals surface area contributed by atoms with E-state index in [1.54, 1.807) is 0 Å². The van der Waals surface area contributed by atoms with E-state index in [1.165, 1.54) is 90.3 Å². The van der Waals surface area contributed by atoms with Gasteiger partial charge in [-0.2, -0.15) is 0 Å². The van der Waals surface area contributed by atoms with Gasteiger partial charge in [-0.1, -0.05) is 41.9 Å². The molecule has 6 aromatic rings. The van der Waals surface area contributed by atoms with Crippen LogP contribution < -0.4 is 5.46 Å². The standard InChI is InChI=1S/C30H27BS2/c1-14-15(2)17(4)28-25(16(14)3)26-27(31)18(5)24(19(6)29(26)33-28)22-12-9-11-21-20-10-7-8-13-23(20)32-30(21)22/h7-13H,31H2,1-6H3. The molecule has 0 aliphatic heterocycles. The maximum Gasteiger partial charge on any atom is 0.140 e. The highest BCUT2D eigenvalue weighted by molar-refractivity contribution is 7.27. The number of benzene rings is 4. The largest absolute Gasteiger partial charge is 0.140 e. The van der Waals surface area contributed by atoms with E-state index in [4.69, 9.17) is 0 Å². The molecule has 0 amide bonds. The summed E-state index contributed by atoms with van der Waals surface area (Å²) < 4.78 is 5.70. The Bertz CT molecular complexity index is 1780. The van der Waals surface area contributed by atoms with E-state index in [0.29, 0.717) is 0 Å². The van der Waals surface area contributed by atoms with E-state index in [2.05, 4.69) is 91.9 Å². The van der Waals surface area contributed by atoms with Crippen molar-refractivity contribution in [2.45, 2.75) is 41.5 Å². The van der Waals surface area contributed by atoms with Crippen LogP contribution in [-0.2, 0) is 0 Å². The molecule has 33 heavy (non-hydrogen) atoms. The van der Waals surface area contributed by atoms with Gasteiger partial charge in [0.1, 0.15) is 7.85 Å². The number of thiophene rings is 2. The molecule has 0 saturated heterocycles. The van der Waals surface area contributed by atoms with Crippen molar-refractivity contribution in [3.8, 4) is 11.1 Å². The van der Waals surface area contributed by atoms with Crippen LogP contribution in [0.2, 0.25) is 0 Å². The highest BCUT2D eigenvalue weighted by atomic mass is 32.1. The molecule has 0 N–H and O–H groups in total. The third-order valence-corrected chi connectivity index (χ3v) is 10.7. The second kappa shape index (κ2) is 7.19. The molecule has 0 saturated carbocycles. The van der Waals surface area contributed by atoms with Gasteiger partial charge in [0, 0.05) is 40.5 Å². The van der Waals surface area contributed by atoms with Crippen molar-refractivity contribution in [3.05, 3.63) is 75.8 Å². The topological polar surface area (TPSA) is 0 Å². The summed E-state index contributed by atoms with van der Waals surface area (Å²) >= 11 is 3.93. The molecule has 0 unspecified atom stereocenters. The van der Waals surface area contributed by atoms with E-state index in [0.717, 1.165) is 0 Å². The molecule has 162 valence electrons. The second-order valence-electron chi connectivity index (χ2n) is 9.54. The Balaban J connectivity index is 1.79. The lowest BCUT2D eigenvalue weighted by atomic mass is 9.79. The SMILES string of the molecule is Bc1c(C)c(-c2cccc3c2sc2ccccc23)c(C)c2sc3c(C)c(C)c(C)c(C)c3c12. The fourth-order valence-electron chi connectivity index (χ4n) is 5.71. The summed E-state index contributed by atoms with van der Waals surface area (Å²) in [5, 5.41) is 5.69. The molecule has 2 aromatic heterocycles. The minimum atomic E-state index is 1.37. The van der Waals surface area contributed by atoms with Crippen LogP contribution in [0.5, 0.6) is 0 Å². The van der Waals surface area contributed by atoms with Gasteiger partial charge < -0.3 is 0 Å². The maximum atomic E-state index is 2.34. The fraction of sp³-hybridized carbons (Fsp3) is 0.200. The molecule has 6 rings (SSSR count). The Kier molecular flexibility index (Phi) is 4.57. The van der Waals surface area contributed by atoms with Gasteiger partial charge in [-0.05, 0) is 91.9 Å². The van der Waals surface area contributed by atoms with E-state index >= 15 is 0 Å². The molecule has 0 fully saturated rings. The van der Waals surface area contributed by atoms with E-state index in [1.807, 2.05) is 22.7 Å². The van der Waals surface area contributed by atoms with Crippen molar-refractivity contribution in [2.24, 2.45) is 0 Å². The summed E-state index contributed by atoms with van der Waals surface area (Å²) in [5.41, 5.74) is 12.8. The highest BCUT2D eigenvalue weighted by Gasteiger charge is 2.22. The second-order valence-corrected chi connectivity index (χ2v) is 11.6. The van der Waals surface area contributed by atoms with Crippen LogP contribution in [-0.4, -0.2) is 7.85 Å². The predicted molar refractivity (Wildman–Crippen MR) is 154 cm³/mol. The van der Waals surface area contributed by atoms with Crippen molar-refractivity contribution in [3.63, 3.8) is 0 Å². The van der Waals surface area contributed by atoms with Gasteiger partial charge in [0.25, 0.3) is 0 Å². The summed E-state index contributed by atoms with van der Waals surface area (Å²) in [6.45, 7) is 13.8. The summed E-state index contributed by atoms with van der Waals surface area (Å²) in [6.07, 6.45) is 0. The summed E-state index contributed by atoms with van der Waals surface area (Å²) in [5.74, 6) is 0. The summed E-state index contributed by atoms with van der Waals surface area (Å²) in [6, 6.07) is 15.7. The monoisotopic (exact) mass is 462 g/mol. The first kappa shape index (κ1) is 21.0. The van der Waals surface area contributed by atoms with Crippen LogP contribution >= 0.6 is 22.7 Å². The van der Waals surface area contributed by atoms with Crippen LogP contribution in [0.3, 0.4) is 0 Å². The first-order valence-corrected chi connectivity index (χ1v) is 13.3. The van der Waals surface area contributed by atoms with Crippen molar-refractivity contribution < 1.29 is 0 Å². The average molecular weight is 462 g/mol. The molecule has 2 heterocycles. The zero-order valence-electron chi connectivity index (χ0n) is 20.4. The highest BCUT2D eigenvalue weighted by Crippen LogP contribution is 2.46. The van der Waals surface area contributed by atoms with Crippen LogP contribution in [0, 0.1) is 41.5 Å². The van der Waals surface area contributed by atoms with Crippen molar-refractivity contribution >= 4 is 76.3 Å². The van der Waals surface area contributed by atoms with Gasteiger partial charge in [0.15, 0.2) is 0 Å². The molecule has 4 aromatic carbocycles. The molecule has 0 nitrogen and oxygen atoms in total. The van der Waals surface area contributed by atoms with Crippen molar-refractivity contribution in [1.82, 2.24) is 0 Å². The molecule has 0 bridgehead atoms. The minimum Gasteiger partial charge on any atom is -0.135 e. The van der Waals surface area contributed by atoms with Crippen LogP contribution in [0.15, 0.2) is 42.5 Å². The van der Waals surface area contributed by atoms with E-state index in [-0.39, 0.29) is 0 Å². The molecule has 0 radical (unpaired) electrons. The van der Waals surface area contributed by atoms with Crippen LogP contribution in [0.25, 0.3) is 51.5 Å². The van der Waals surface area contributed by atoms with Gasteiger partial charge in [0.2, 0.25) is 0 Å². The molecular weight excluding hydrogens is 435 g/mol. The Morgan fingerprint density at radius 2 is 1.21 bits per heavy atom. The first-order valence-electron chi connectivity index (χ1n) is 11.6. The lowest BCUT2D eigenvalue weighted by Gasteiger charge is -2.17. The smallest absolute Gasteiger partial charge is 0.135 e. The predicted octanol–water partition coefficient (Wildman–Crippen LogP) is 8.20. The van der Waals surface area contributed by atoms with Crippen molar-refractivity contribution in [2.75, 3.05) is 0 Å². The molecule has 0 spiro atoms. The Labute approximate surface area is 204 Å². The quantitative estimate of drug-likeness (QED) is 0.216. The lowest BCUT2D eigenvalue weighted by Crippen LogP contribution is -2.11. The van der Waals surface area contributed by atoms with Gasteiger partial charge in [-0.25, -0.2) is 0 Å². The number of hydrogen-bond acceptors (Lipinski definition) is 2. The van der Waals surface area contributed by atoms with Crippen LogP contribution in [0.4, 0.5) is 0 Å². The zero-order valence-corrected chi connectivity index (χ0v) is 22.0. The van der Waals surface area contributed by atoms with E-state index < -0.39 is 0 Å². The van der Waals surface area contributed by atoms with Crippen LogP contribution in [0.1, 0.15) is 33.4 Å². The first-order chi connectivity index (χ1) is 15.8. The maximum absolute atomic E-state index is 2.34. The van der Waals surface area contributed by atoms with Gasteiger partial charge in [0.05, 0.1) is 0 Å². The Morgan fingerprint density at radius 1 is 0.545 bits per heavy atom. The number of hydrogen-bond donors (Lipinski definition) is 0. The average Bonchev–Trinajstić information content (AvgIpc) is 3.40.